The van der Waals surface area contributed by atoms with Gasteiger partial charge in [0, 0.05) is 19.2 Å². The van der Waals surface area contributed by atoms with Crippen LogP contribution in [-0.2, 0) is 6.54 Å². The predicted molar refractivity (Wildman–Crippen MR) is 116 cm³/mol. The maximum absolute atomic E-state index is 10.9. The molecule has 8 heteroatoms. The van der Waals surface area contributed by atoms with Crippen LogP contribution in [-0.4, -0.2) is 53.8 Å². The number of rotatable bonds is 10. The number of piperidine rings is 1. The topological polar surface area (TPSA) is 114 Å². The van der Waals surface area contributed by atoms with E-state index in [4.69, 9.17) is 10.5 Å². The SMILES string of the molecule is Nc1c(OCC(O)CNCC2CCN(Cc3ccccc3)CC2)cccc1[N+](=O)[O-]. The van der Waals surface area contributed by atoms with E-state index in [2.05, 4.69) is 34.5 Å². The number of nitrogens with zero attached hydrogens (tertiary/aromatic N) is 2. The van der Waals surface area contributed by atoms with Gasteiger partial charge in [0.05, 0.1) is 4.92 Å². The van der Waals surface area contributed by atoms with Crippen molar-refractivity contribution in [2.24, 2.45) is 5.92 Å². The Kier molecular flexibility index (Phi) is 8.01. The van der Waals surface area contributed by atoms with E-state index in [0.29, 0.717) is 12.5 Å². The quantitative estimate of drug-likeness (QED) is 0.311. The standard InChI is InChI=1S/C22H30N4O4/c23-22-20(26(28)29)7-4-8-21(22)30-16-19(27)14-24-13-17-9-11-25(12-10-17)15-18-5-2-1-3-6-18/h1-8,17,19,24,27H,9-16,23H2. The zero-order valence-corrected chi connectivity index (χ0v) is 17.1. The van der Waals surface area contributed by atoms with E-state index < -0.39 is 11.0 Å². The molecule has 8 nitrogen and oxygen atoms in total. The maximum Gasteiger partial charge on any atom is 0.295 e. The second kappa shape index (κ2) is 10.9. The van der Waals surface area contributed by atoms with Crippen molar-refractivity contribution >= 4 is 11.4 Å². The van der Waals surface area contributed by atoms with Gasteiger partial charge in [-0.05, 0) is 50.0 Å². The van der Waals surface area contributed by atoms with Crippen LogP contribution >= 0.6 is 0 Å². The highest BCUT2D eigenvalue weighted by Gasteiger charge is 2.20. The summed E-state index contributed by atoms with van der Waals surface area (Å²) in [6, 6.07) is 14.9. The van der Waals surface area contributed by atoms with Gasteiger partial charge in [0.2, 0.25) is 0 Å². The van der Waals surface area contributed by atoms with Crippen molar-refractivity contribution in [1.82, 2.24) is 10.2 Å². The number of likely N-dealkylation sites (tertiary alicyclic amines) is 1. The molecule has 0 spiro atoms. The fraction of sp³-hybridized carbons (Fsp3) is 0.455. The van der Waals surface area contributed by atoms with E-state index in [9.17, 15) is 15.2 Å². The highest BCUT2D eigenvalue weighted by molar-refractivity contribution is 5.66. The highest BCUT2D eigenvalue weighted by Crippen LogP contribution is 2.30. The van der Waals surface area contributed by atoms with Crippen molar-refractivity contribution in [1.29, 1.82) is 0 Å². The van der Waals surface area contributed by atoms with Crippen LogP contribution in [0.25, 0.3) is 0 Å². The molecule has 0 bridgehead atoms. The van der Waals surface area contributed by atoms with Crippen LogP contribution < -0.4 is 15.8 Å². The number of nitro benzene ring substituents is 1. The number of para-hydroxylation sites is 1. The molecule has 30 heavy (non-hydrogen) atoms. The Hall–Kier alpha value is -2.68. The number of hydrogen-bond donors (Lipinski definition) is 3. The summed E-state index contributed by atoms with van der Waals surface area (Å²) in [4.78, 5) is 12.9. The number of nitrogens with one attached hydrogen (secondary N) is 1. The van der Waals surface area contributed by atoms with Crippen molar-refractivity contribution < 1.29 is 14.8 Å². The number of nitro groups is 1. The average molecular weight is 415 g/mol. The first kappa shape index (κ1) is 22.0. The first-order valence-corrected chi connectivity index (χ1v) is 10.3. The lowest BCUT2D eigenvalue weighted by Crippen LogP contribution is -2.39. The molecule has 2 aromatic rings. The molecule has 3 rings (SSSR count). The number of benzene rings is 2. The summed E-state index contributed by atoms with van der Waals surface area (Å²) >= 11 is 0. The number of nitrogens with two attached hydrogens (primary N) is 1. The normalized spacial score (nSPS) is 16.3. The molecule has 0 aromatic heterocycles. The Morgan fingerprint density at radius 3 is 2.63 bits per heavy atom. The molecule has 0 radical (unpaired) electrons. The number of nitrogen functional groups attached to an aromatic ring is 1. The summed E-state index contributed by atoms with van der Waals surface area (Å²) in [6.07, 6.45) is 1.55. The molecule has 4 N–H and O–H groups in total. The second-order valence-corrected chi connectivity index (χ2v) is 7.77. The van der Waals surface area contributed by atoms with E-state index in [1.165, 1.54) is 17.7 Å². The minimum absolute atomic E-state index is 0.0217. The van der Waals surface area contributed by atoms with Crippen LogP contribution in [0.5, 0.6) is 5.75 Å². The van der Waals surface area contributed by atoms with E-state index in [-0.39, 0.29) is 23.7 Å². The molecular formula is C22H30N4O4. The fourth-order valence-corrected chi connectivity index (χ4v) is 3.71. The lowest BCUT2D eigenvalue weighted by molar-refractivity contribution is -0.384. The van der Waals surface area contributed by atoms with Gasteiger partial charge in [0.15, 0.2) is 5.69 Å². The fourth-order valence-electron chi connectivity index (χ4n) is 3.71. The minimum atomic E-state index is -0.721. The van der Waals surface area contributed by atoms with Gasteiger partial charge < -0.3 is 20.9 Å². The van der Waals surface area contributed by atoms with Gasteiger partial charge in [-0.25, -0.2) is 0 Å². The molecule has 0 amide bonds. The van der Waals surface area contributed by atoms with Crippen molar-refractivity contribution in [3.8, 4) is 5.75 Å². The zero-order valence-electron chi connectivity index (χ0n) is 17.1. The highest BCUT2D eigenvalue weighted by atomic mass is 16.6. The third-order valence-electron chi connectivity index (χ3n) is 5.44. The first-order chi connectivity index (χ1) is 14.5. The molecule has 1 heterocycles. The summed E-state index contributed by atoms with van der Waals surface area (Å²) in [5.74, 6) is 0.812. The molecule has 162 valence electrons. The van der Waals surface area contributed by atoms with E-state index in [1.54, 1.807) is 6.07 Å². The number of ether oxygens (including phenoxy) is 1. The molecular weight excluding hydrogens is 384 g/mol. The molecule has 1 atom stereocenters. The van der Waals surface area contributed by atoms with Crippen LogP contribution in [0, 0.1) is 16.0 Å². The summed E-state index contributed by atoms with van der Waals surface area (Å²) in [6.45, 7) is 4.44. The Balaban J connectivity index is 1.32. The Labute approximate surface area is 176 Å². The summed E-state index contributed by atoms with van der Waals surface area (Å²) < 4.78 is 5.48. The predicted octanol–water partition coefficient (Wildman–Crippen LogP) is 2.42. The second-order valence-electron chi connectivity index (χ2n) is 7.77. The number of aliphatic hydroxyl groups is 1. The van der Waals surface area contributed by atoms with Crippen molar-refractivity contribution in [3.05, 3.63) is 64.2 Å². The van der Waals surface area contributed by atoms with Gasteiger partial charge in [0.25, 0.3) is 5.69 Å². The van der Waals surface area contributed by atoms with Gasteiger partial charge in [-0.15, -0.1) is 0 Å². The van der Waals surface area contributed by atoms with Crippen molar-refractivity contribution in [3.63, 3.8) is 0 Å². The Morgan fingerprint density at radius 2 is 1.93 bits per heavy atom. The molecule has 0 aliphatic carbocycles. The number of hydrogen-bond acceptors (Lipinski definition) is 7. The van der Waals surface area contributed by atoms with Crippen molar-refractivity contribution in [2.75, 3.05) is 38.5 Å². The number of anilines is 1. The number of aliphatic hydroxyl groups excluding tert-OH is 1. The van der Waals surface area contributed by atoms with Crippen LogP contribution in [0.15, 0.2) is 48.5 Å². The maximum atomic E-state index is 10.9. The monoisotopic (exact) mass is 414 g/mol. The zero-order chi connectivity index (χ0) is 21.3. The molecule has 1 aliphatic rings. The third-order valence-corrected chi connectivity index (χ3v) is 5.44. The Bertz CT molecular complexity index is 810. The lowest BCUT2D eigenvalue weighted by atomic mass is 9.96. The van der Waals surface area contributed by atoms with Gasteiger partial charge >= 0.3 is 0 Å². The van der Waals surface area contributed by atoms with Crippen LogP contribution in [0.3, 0.4) is 0 Å². The summed E-state index contributed by atoms with van der Waals surface area (Å²) in [5.41, 5.74) is 6.89. The third kappa shape index (κ3) is 6.41. The van der Waals surface area contributed by atoms with Crippen molar-refractivity contribution in [2.45, 2.75) is 25.5 Å². The molecule has 1 unspecified atom stereocenters. The summed E-state index contributed by atoms with van der Waals surface area (Å²) in [5, 5.41) is 24.4. The van der Waals surface area contributed by atoms with Crippen LogP contribution in [0.2, 0.25) is 0 Å². The van der Waals surface area contributed by atoms with Gasteiger partial charge in [0.1, 0.15) is 18.5 Å². The largest absolute Gasteiger partial charge is 0.488 e. The molecule has 2 aromatic carbocycles. The first-order valence-electron chi connectivity index (χ1n) is 10.3. The van der Waals surface area contributed by atoms with Crippen LogP contribution in [0.1, 0.15) is 18.4 Å². The van der Waals surface area contributed by atoms with E-state index >= 15 is 0 Å². The lowest BCUT2D eigenvalue weighted by Gasteiger charge is -2.32. The van der Waals surface area contributed by atoms with Gasteiger partial charge in [-0.3, -0.25) is 15.0 Å². The smallest absolute Gasteiger partial charge is 0.295 e. The van der Waals surface area contributed by atoms with Gasteiger partial charge in [-0.2, -0.15) is 0 Å². The average Bonchev–Trinajstić information content (AvgIpc) is 2.75. The van der Waals surface area contributed by atoms with E-state index in [0.717, 1.165) is 39.0 Å². The minimum Gasteiger partial charge on any atom is -0.488 e. The molecule has 0 saturated carbocycles. The van der Waals surface area contributed by atoms with Crippen LogP contribution in [0.4, 0.5) is 11.4 Å². The molecule has 1 fully saturated rings. The van der Waals surface area contributed by atoms with Gasteiger partial charge in [-0.1, -0.05) is 36.4 Å². The molecule has 1 saturated heterocycles. The Morgan fingerprint density at radius 1 is 1.20 bits per heavy atom. The summed E-state index contributed by atoms with van der Waals surface area (Å²) in [7, 11) is 0. The van der Waals surface area contributed by atoms with E-state index in [1.807, 2.05) is 6.07 Å². The molecule has 1 aliphatic heterocycles.